The summed E-state index contributed by atoms with van der Waals surface area (Å²) in [4.78, 5) is 16.8. The Morgan fingerprint density at radius 2 is 1.93 bits per heavy atom. The number of hydrogen-bond acceptors (Lipinski definition) is 4. The molecule has 2 aliphatic heterocycles. The normalized spacial score (nSPS) is 17.7. The molecule has 0 aliphatic carbocycles. The number of thioether (sulfide) groups is 1. The largest absolute Gasteiger partial charge is 0.318 e. The molecule has 30 heavy (non-hydrogen) atoms. The molecule has 6 nitrogen and oxygen atoms in total. The number of halogens is 1. The molecule has 0 saturated heterocycles. The summed E-state index contributed by atoms with van der Waals surface area (Å²) in [5, 5.41) is 16.5. The molecule has 0 spiro atoms. The highest BCUT2D eigenvalue weighted by Gasteiger charge is 2.36. The van der Waals surface area contributed by atoms with Gasteiger partial charge < -0.3 is 4.57 Å². The zero-order valence-electron chi connectivity index (χ0n) is 17.4. The van der Waals surface area contributed by atoms with Gasteiger partial charge in [0, 0.05) is 28.0 Å². The van der Waals surface area contributed by atoms with E-state index >= 15 is 0 Å². The van der Waals surface area contributed by atoms with Crippen molar-refractivity contribution in [2.24, 2.45) is 16.0 Å². The molecular weight excluding hydrogens is 418 g/mol. The van der Waals surface area contributed by atoms with Crippen LogP contribution in [0.4, 0.5) is 0 Å². The van der Waals surface area contributed by atoms with Crippen LogP contribution in [0.25, 0.3) is 11.8 Å². The number of aryl methyl sites for hydroxylation is 2. The summed E-state index contributed by atoms with van der Waals surface area (Å²) >= 11 is 7.67. The lowest BCUT2D eigenvalue weighted by Crippen LogP contribution is -2.35. The van der Waals surface area contributed by atoms with Gasteiger partial charge in [0.15, 0.2) is 5.84 Å². The van der Waals surface area contributed by atoms with E-state index < -0.39 is 5.91 Å². The van der Waals surface area contributed by atoms with Gasteiger partial charge in [-0.3, -0.25) is 10.2 Å². The van der Waals surface area contributed by atoms with Crippen molar-refractivity contribution < 1.29 is 4.79 Å². The van der Waals surface area contributed by atoms with E-state index in [9.17, 15) is 4.79 Å². The lowest BCUT2D eigenvalue weighted by Gasteiger charge is -2.20. The van der Waals surface area contributed by atoms with Crippen molar-refractivity contribution in [3.8, 4) is 5.69 Å². The number of hydrazone groups is 1. The van der Waals surface area contributed by atoms with Gasteiger partial charge in [0.2, 0.25) is 5.17 Å². The Bertz CT molecular complexity index is 1190. The van der Waals surface area contributed by atoms with Gasteiger partial charge in [-0.25, -0.2) is 0 Å². The molecule has 0 atom stereocenters. The molecule has 8 heteroatoms. The van der Waals surface area contributed by atoms with Crippen molar-refractivity contribution in [2.75, 3.05) is 0 Å². The van der Waals surface area contributed by atoms with Crippen molar-refractivity contribution in [1.82, 2.24) is 9.58 Å². The first-order valence-electron chi connectivity index (χ1n) is 9.63. The minimum Gasteiger partial charge on any atom is -0.318 e. The molecule has 2 aromatic rings. The molecule has 1 amide bonds. The third kappa shape index (κ3) is 3.42. The van der Waals surface area contributed by atoms with Gasteiger partial charge in [-0.05, 0) is 67.9 Å². The number of fused-ring (bicyclic) bond motifs is 1. The van der Waals surface area contributed by atoms with Crippen LogP contribution in [0.2, 0.25) is 5.02 Å². The van der Waals surface area contributed by atoms with Gasteiger partial charge in [-0.15, -0.1) is 0 Å². The van der Waals surface area contributed by atoms with E-state index in [1.54, 1.807) is 6.08 Å². The van der Waals surface area contributed by atoms with Crippen LogP contribution in [0.15, 0.2) is 39.9 Å². The van der Waals surface area contributed by atoms with E-state index in [-0.39, 0.29) is 17.3 Å². The van der Waals surface area contributed by atoms with Crippen LogP contribution in [0.1, 0.15) is 36.4 Å². The van der Waals surface area contributed by atoms with E-state index in [0.29, 0.717) is 10.2 Å². The first kappa shape index (κ1) is 20.6. The Kier molecular flexibility index (Phi) is 5.20. The molecule has 4 rings (SSSR count). The van der Waals surface area contributed by atoms with Crippen molar-refractivity contribution in [3.63, 3.8) is 0 Å². The zero-order valence-corrected chi connectivity index (χ0v) is 19.0. The topological polar surface area (TPSA) is 73.8 Å². The number of carbonyl (C=O) groups is 1. The summed E-state index contributed by atoms with van der Waals surface area (Å²) in [6.07, 6.45) is 1.73. The number of aliphatic imine (C=N–C) groups is 1. The first-order valence-corrected chi connectivity index (χ1v) is 10.8. The minimum absolute atomic E-state index is 0.0522. The average molecular weight is 440 g/mol. The number of hydrogen-bond donors (Lipinski definition) is 1. The summed E-state index contributed by atoms with van der Waals surface area (Å²) in [6.45, 7) is 10.0. The van der Waals surface area contributed by atoms with Crippen LogP contribution >= 0.6 is 23.4 Å². The lowest BCUT2D eigenvalue weighted by atomic mass is 10.1. The zero-order chi connectivity index (χ0) is 21.7. The van der Waals surface area contributed by atoms with Gasteiger partial charge in [0.25, 0.3) is 5.91 Å². The summed E-state index contributed by atoms with van der Waals surface area (Å²) < 4.78 is 2.09. The molecular formula is C22H22ClN5OS. The van der Waals surface area contributed by atoms with Crippen molar-refractivity contribution in [1.29, 1.82) is 5.41 Å². The fourth-order valence-corrected chi connectivity index (χ4v) is 4.51. The molecule has 0 saturated carbocycles. The molecule has 0 bridgehead atoms. The van der Waals surface area contributed by atoms with Gasteiger partial charge >= 0.3 is 0 Å². The summed E-state index contributed by atoms with van der Waals surface area (Å²) in [6, 6.07) is 7.94. The van der Waals surface area contributed by atoms with Crippen LogP contribution < -0.4 is 0 Å². The third-order valence-electron chi connectivity index (χ3n) is 5.15. The Labute approximate surface area is 184 Å². The highest BCUT2D eigenvalue weighted by molar-refractivity contribution is 8.27. The Morgan fingerprint density at radius 3 is 2.60 bits per heavy atom. The average Bonchev–Trinajstić information content (AvgIpc) is 3.22. The van der Waals surface area contributed by atoms with Crippen LogP contribution in [0, 0.1) is 32.1 Å². The summed E-state index contributed by atoms with van der Waals surface area (Å²) in [5.41, 5.74) is 5.03. The lowest BCUT2D eigenvalue weighted by molar-refractivity contribution is -0.114. The van der Waals surface area contributed by atoms with Gasteiger partial charge in [-0.1, -0.05) is 31.5 Å². The Balaban J connectivity index is 1.75. The van der Waals surface area contributed by atoms with Crippen LogP contribution in [-0.4, -0.2) is 31.5 Å². The van der Waals surface area contributed by atoms with Crippen molar-refractivity contribution in [2.45, 2.75) is 34.6 Å². The van der Waals surface area contributed by atoms with Gasteiger partial charge in [-0.2, -0.15) is 15.1 Å². The van der Waals surface area contributed by atoms with E-state index in [1.807, 2.05) is 58.9 Å². The smallest absolute Gasteiger partial charge is 0.283 e. The fraction of sp³-hybridized carbons (Fsp3) is 0.273. The molecule has 0 radical (unpaired) electrons. The predicted molar refractivity (Wildman–Crippen MR) is 125 cm³/mol. The predicted octanol–water partition coefficient (Wildman–Crippen LogP) is 5.33. The Hall–Kier alpha value is -2.64. The second-order valence-corrected chi connectivity index (χ2v) is 9.10. The molecule has 0 fully saturated rings. The summed E-state index contributed by atoms with van der Waals surface area (Å²) in [7, 11) is 0. The van der Waals surface area contributed by atoms with E-state index in [1.165, 1.54) is 16.8 Å². The third-order valence-corrected chi connectivity index (χ3v) is 6.76. The maximum absolute atomic E-state index is 12.7. The number of rotatable bonds is 3. The monoisotopic (exact) mass is 439 g/mol. The number of aromatic nitrogens is 1. The molecule has 3 heterocycles. The molecule has 2 aliphatic rings. The highest BCUT2D eigenvalue weighted by Crippen LogP contribution is 2.32. The fourth-order valence-electron chi connectivity index (χ4n) is 3.45. The number of amides is 1. The number of amidine groups is 2. The summed E-state index contributed by atoms with van der Waals surface area (Å²) in [5.74, 6) is -0.155. The second kappa shape index (κ2) is 7.56. The number of carbonyl (C=O) groups excluding carboxylic acids is 1. The molecule has 154 valence electrons. The molecule has 0 unspecified atom stereocenters. The maximum atomic E-state index is 12.7. The first-order chi connectivity index (χ1) is 14.2. The van der Waals surface area contributed by atoms with Crippen LogP contribution in [0.3, 0.4) is 0 Å². The number of nitrogens with one attached hydrogen (secondary N) is 1. The van der Waals surface area contributed by atoms with E-state index in [0.717, 1.165) is 33.2 Å². The van der Waals surface area contributed by atoms with Crippen molar-refractivity contribution in [3.05, 3.63) is 57.4 Å². The Morgan fingerprint density at radius 1 is 1.20 bits per heavy atom. The molecule has 1 aromatic heterocycles. The standard InChI is InChI=1S/C22H22ClN5OS/c1-11(2)21-26-28-19(24)17(20(29)25-22(28)30-21)9-15-8-13(4)27(14(15)5)16-7-6-12(3)18(23)10-16/h6-11,24H,1-5H3/b17-9+,24-19?. The SMILES string of the molecule is Cc1ccc(-n2c(C)cc(/C=C3\C(=N)N4N=C(C(C)C)SC4=NC3=O)c2C)cc1Cl. The number of benzene rings is 1. The maximum Gasteiger partial charge on any atom is 0.283 e. The molecule has 1 N–H and O–H groups in total. The van der Waals surface area contributed by atoms with Gasteiger partial charge in [0.05, 0.1) is 5.57 Å². The highest BCUT2D eigenvalue weighted by atomic mass is 35.5. The number of nitrogens with zero attached hydrogens (tertiary/aromatic N) is 4. The van der Waals surface area contributed by atoms with Crippen LogP contribution in [-0.2, 0) is 4.79 Å². The van der Waals surface area contributed by atoms with E-state index in [4.69, 9.17) is 17.0 Å². The second-order valence-electron chi connectivity index (χ2n) is 7.71. The quantitative estimate of drug-likeness (QED) is 0.656. The van der Waals surface area contributed by atoms with E-state index in [2.05, 4.69) is 14.7 Å². The minimum atomic E-state index is -0.415. The molecule has 1 aromatic carbocycles. The van der Waals surface area contributed by atoms with Gasteiger partial charge in [0.1, 0.15) is 5.04 Å². The van der Waals surface area contributed by atoms with Crippen molar-refractivity contribution >= 4 is 51.4 Å². The van der Waals surface area contributed by atoms with Crippen LogP contribution in [0.5, 0.6) is 0 Å².